The quantitative estimate of drug-likeness (QED) is 0.115. The van der Waals surface area contributed by atoms with Crippen molar-refractivity contribution in [1.82, 2.24) is 40.4 Å². The van der Waals surface area contributed by atoms with E-state index in [-0.39, 0.29) is 29.8 Å². The Kier molecular flexibility index (Phi) is 11.7. The van der Waals surface area contributed by atoms with Crippen LogP contribution < -0.4 is 10.6 Å². The zero-order chi connectivity index (χ0) is 43.1. The largest absolute Gasteiger partial charge is 0.453 e. The monoisotopic (exact) mass is 846 g/mol. The number of piperidine rings is 1. The molecule has 9 rings (SSSR count). The van der Waals surface area contributed by atoms with Crippen molar-refractivity contribution < 1.29 is 33.4 Å². The molecule has 15 nitrogen and oxygen atoms in total. The second kappa shape index (κ2) is 17.3. The summed E-state index contributed by atoms with van der Waals surface area (Å²) in [5, 5.41) is 5.70. The van der Waals surface area contributed by atoms with Crippen LogP contribution in [0.3, 0.4) is 0 Å². The van der Waals surface area contributed by atoms with Crippen LogP contribution in [0.25, 0.3) is 33.6 Å². The molecule has 3 saturated heterocycles. The van der Waals surface area contributed by atoms with E-state index in [4.69, 9.17) is 24.2 Å². The number of rotatable bonds is 12. The number of hydrogen-bond donors (Lipinski definition) is 4. The van der Waals surface area contributed by atoms with Crippen LogP contribution in [0.5, 0.6) is 0 Å². The van der Waals surface area contributed by atoms with Crippen LogP contribution in [0, 0.1) is 17.8 Å². The molecule has 4 fully saturated rings. The van der Waals surface area contributed by atoms with Gasteiger partial charge in [0.15, 0.2) is 0 Å². The molecule has 62 heavy (non-hydrogen) atoms. The Morgan fingerprint density at radius 1 is 0.887 bits per heavy atom. The summed E-state index contributed by atoms with van der Waals surface area (Å²) >= 11 is 0. The molecule has 2 aliphatic carbocycles. The number of carbonyl (C=O) groups is 4. The van der Waals surface area contributed by atoms with Crippen molar-refractivity contribution in [3.63, 3.8) is 0 Å². The lowest BCUT2D eigenvalue weighted by Crippen LogP contribution is -2.61. The lowest BCUT2D eigenvalue weighted by atomic mass is 9.83. The molecule has 2 bridgehead atoms. The van der Waals surface area contributed by atoms with Crippen LogP contribution in [0.15, 0.2) is 48.8 Å². The van der Waals surface area contributed by atoms with Gasteiger partial charge in [0.1, 0.15) is 29.5 Å². The van der Waals surface area contributed by atoms with Gasteiger partial charge in [-0.2, -0.15) is 0 Å². The molecule has 3 aliphatic heterocycles. The molecular weight excluding hydrogens is 789 g/mol. The fraction of sp³-hybridized carbons (Fsp3) is 0.532. The Balaban J connectivity index is 0.905. The first-order valence-electron chi connectivity index (χ1n) is 22.3. The molecule has 0 radical (unpaired) electrons. The van der Waals surface area contributed by atoms with E-state index in [1.807, 2.05) is 31.1 Å². The van der Waals surface area contributed by atoms with E-state index in [1.54, 1.807) is 0 Å². The summed E-state index contributed by atoms with van der Waals surface area (Å²) in [6.07, 6.45) is 11.5. The number of aryl methyl sites for hydroxylation is 2. The number of imidazole rings is 2. The Bertz CT molecular complexity index is 2320. The number of likely N-dealkylation sites (tertiary alicyclic amines) is 2. The number of aldehydes is 1. The van der Waals surface area contributed by atoms with Crippen LogP contribution in [0.4, 0.5) is 9.59 Å². The van der Waals surface area contributed by atoms with Gasteiger partial charge in [0, 0.05) is 32.3 Å². The maximum absolute atomic E-state index is 14.1. The van der Waals surface area contributed by atoms with Crippen molar-refractivity contribution in [2.24, 2.45) is 17.8 Å². The summed E-state index contributed by atoms with van der Waals surface area (Å²) in [6, 6.07) is 12.7. The van der Waals surface area contributed by atoms with Gasteiger partial charge in [-0.15, -0.1) is 0 Å². The number of benzene rings is 2. The molecule has 6 atom stereocenters. The minimum atomic E-state index is -1.08. The highest BCUT2D eigenvalue weighted by molar-refractivity contribution is 5.86. The summed E-state index contributed by atoms with van der Waals surface area (Å²) in [5.74, 6) is 1.81. The van der Waals surface area contributed by atoms with E-state index in [9.17, 15) is 19.2 Å². The van der Waals surface area contributed by atoms with Crippen molar-refractivity contribution >= 4 is 24.4 Å². The fourth-order valence-corrected chi connectivity index (χ4v) is 10.9. The number of alkyl carbamates (subject to hydrolysis) is 2. The standard InChI is InChI=1S/C47H58N8O7/c1-27(2)47(26-56,53-46(59)61-4)25-55-34-12-9-33(22-34)41(55)43-49-24-38(51-43)32-11-14-36-30(21-32)8-7-29-20-31(10-13-35(29)36)37-23-48-42(50-37)39-6-5-17-54(39)44(57)40(52-45(58)60-3)28-15-18-62-19-16-28/h10-11,13-14,20-21,23-24,26-28,33-34,39-41H,5-9,12,15-19,22,25H2,1-4H3,(H,48,50)(H,49,51)(H,52,58)(H,53,59)/t33-,34+,39-,40-,41-,47+/m0/s1. The van der Waals surface area contributed by atoms with E-state index in [2.05, 4.69) is 61.9 Å². The van der Waals surface area contributed by atoms with Gasteiger partial charge >= 0.3 is 12.2 Å². The van der Waals surface area contributed by atoms with Crippen LogP contribution in [-0.2, 0) is 36.6 Å². The number of fused-ring (bicyclic) bond motifs is 5. The number of hydrogen-bond acceptors (Lipinski definition) is 10. The minimum absolute atomic E-state index is 0.0223. The SMILES string of the molecule is COC(=O)N[C@H](C(=O)N1CCC[C@H]1c1ncc(-c2ccc3c(c2)CCc2cc(-c4cnc([C@@H]5[C@H]6CC[C@H](C6)N5C[C@](C=O)(NC(=O)OC)C(C)C)[nH]4)ccc2-3)[nH]1)C1CCOCC1. The number of nitrogens with one attached hydrogen (secondary N) is 4. The van der Waals surface area contributed by atoms with Crippen molar-refractivity contribution in [3.05, 3.63) is 71.6 Å². The summed E-state index contributed by atoms with van der Waals surface area (Å²) in [6.45, 7) is 6.03. The zero-order valence-electron chi connectivity index (χ0n) is 36.1. The van der Waals surface area contributed by atoms with Crippen LogP contribution >= 0.6 is 0 Å². The van der Waals surface area contributed by atoms with E-state index in [0.717, 1.165) is 85.4 Å². The molecule has 328 valence electrons. The van der Waals surface area contributed by atoms with Crippen molar-refractivity contribution in [2.75, 3.05) is 40.5 Å². The molecule has 3 amide bonds. The first-order chi connectivity index (χ1) is 30.1. The molecule has 1 saturated carbocycles. The van der Waals surface area contributed by atoms with Gasteiger partial charge in [-0.05, 0) is 121 Å². The van der Waals surface area contributed by atoms with Crippen LogP contribution in [0.1, 0.15) is 93.7 Å². The molecule has 5 aliphatic rings. The van der Waals surface area contributed by atoms with Crippen molar-refractivity contribution in [2.45, 2.75) is 101 Å². The van der Waals surface area contributed by atoms with Gasteiger partial charge in [-0.3, -0.25) is 9.69 Å². The first kappa shape index (κ1) is 41.8. The number of methoxy groups -OCH3 is 2. The molecule has 15 heteroatoms. The topological polar surface area (TPSA) is 184 Å². The minimum Gasteiger partial charge on any atom is -0.453 e. The van der Waals surface area contributed by atoms with Crippen LogP contribution in [0.2, 0.25) is 0 Å². The average Bonchev–Trinajstić information content (AvgIpc) is 4.17. The lowest BCUT2D eigenvalue weighted by Gasteiger charge is -2.42. The van der Waals surface area contributed by atoms with E-state index in [0.29, 0.717) is 51.1 Å². The molecule has 5 heterocycles. The second-order valence-electron chi connectivity index (χ2n) is 18.1. The highest BCUT2D eigenvalue weighted by Gasteiger charge is 2.51. The van der Waals surface area contributed by atoms with Gasteiger partial charge in [-0.1, -0.05) is 38.1 Å². The van der Waals surface area contributed by atoms with Gasteiger partial charge in [0.05, 0.1) is 50.1 Å². The number of carbonyl (C=O) groups excluding carboxylic acids is 4. The number of aromatic nitrogens is 4. The van der Waals surface area contributed by atoms with Crippen molar-refractivity contribution in [1.29, 1.82) is 0 Å². The average molecular weight is 847 g/mol. The summed E-state index contributed by atoms with van der Waals surface area (Å²) in [5.41, 5.74) is 7.92. The van der Waals surface area contributed by atoms with Gasteiger partial charge < -0.3 is 44.5 Å². The summed E-state index contributed by atoms with van der Waals surface area (Å²) in [4.78, 5) is 72.6. The maximum atomic E-state index is 14.1. The second-order valence-corrected chi connectivity index (χ2v) is 18.1. The third-order valence-corrected chi connectivity index (χ3v) is 14.5. The third kappa shape index (κ3) is 7.78. The Morgan fingerprint density at radius 2 is 1.53 bits per heavy atom. The van der Waals surface area contributed by atoms with Crippen LogP contribution in [-0.4, -0.2) is 112 Å². The molecule has 2 aromatic heterocycles. The highest BCUT2D eigenvalue weighted by atomic mass is 16.5. The fourth-order valence-electron chi connectivity index (χ4n) is 10.9. The number of ether oxygens (including phenoxy) is 3. The van der Waals surface area contributed by atoms with E-state index >= 15 is 0 Å². The predicted octanol–water partition coefficient (Wildman–Crippen LogP) is 6.52. The Morgan fingerprint density at radius 3 is 2.16 bits per heavy atom. The first-order valence-corrected chi connectivity index (χ1v) is 22.3. The molecule has 4 N–H and O–H groups in total. The van der Waals surface area contributed by atoms with Gasteiger partial charge in [-0.25, -0.2) is 19.6 Å². The summed E-state index contributed by atoms with van der Waals surface area (Å²) in [7, 11) is 2.64. The van der Waals surface area contributed by atoms with Gasteiger partial charge in [0.2, 0.25) is 5.91 Å². The maximum Gasteiger partial charge on any atom is 0.407 e. The van der Waals surface area contributed by atoms with Crippen molar-refractivity contribution in [3.8, 4) is 33.6 Å². The third-order valence-electron chi connectivity index (χ3n) is 14.5. The Hall–Kier alpha value is -5.54. The summed E-state index contributed by atoms with van der Waals surface area (Å²) < 4.78 is 15.3. The number of aromatic amines is 2. The lowest BCUT2D eigenvalue weighted by molar-refractivity contribution is -0.136. The normalized spacial score (nSPS) is 23.7. The van der Waals surface area contributed by atoms with Gasteiger partial charge in [0.25, 0.3) is 0 Å². The molecule has 0 spiro atoms. The molecule has 2 aromatic carbocycles. The smallest absolute Gasteiger partial charge is 0.407 e. The predicted molar refractivity (Wildman–Crippen MR) is 231 cm³/mol. The number of amides is 3. The van der Waals surface area contributed by atoms with E-state index < -0.39 is 23.8 Å². The molecular formula is C47H58N8O7. The highest BCUT2D eigenvalue weighted by Crippen LogP contribution is 2.50. The zero-order valence-corrected chi connectivity index (χ0v) is 36.1. The number of nitrogens with zero attached hydrogens (tertiary/aromatic N) is 4. The molecule has 4 aromatic rings. The Labute approximate surface area is 362 Å². The molecule has 0 unspecified atom stereocenters. The number of H-pyrrole nitrogens is 2. The van der Waals surface area contributed by atoms with E-state index in [1.165, 1.54) is 36.5 Å².